The summed E-state index contributed by atoms with van der Waals surface area (Å²) in [6.07, 6.45) is -0.803. The van der Waals surface area contributed by atoms with Gasteiger partial charge in [-0.1, -0.05) is 18.2 Å². The van der Waals surface area contributed by atoms with Gasteiger partial charge in [0.15, 0.2) is 0 Å². The Morgan fingerprint density at radius 1 is 0.800 bits per heavy atom. The normalized spacial score (nSPS) is 10.1. The summed E-state index contributed by atoms with van der Waals surface area (Å²) in [5.74, 6) is 0.460. The van der Waals surface area contributed by atoms with Crippen molar-refractivity contribution in [2.45, 2.75) is 13.5 Å². The Hall–Kier alpha value is -4.53. The number of carbonyl (C=O) groups is 3. The lowest BCUT2D eigenvalue weighted by Crippen LogP contribution is -2.24. The van der Waals surface area contributed by atoms with Gasteiger partial charge in [0.05, 0.1) is 20.8 Å². The molecule has 9 heteroatoms. The monoisotopic (exact) mass is 478 g/mol. The van der Waals surface area contributed by atoms with Crippen LogP contribution in [0.25, 0.3) is 0 Å². The first kappa shape index (κ1) is 25.1. The molecular formula is C26H26N2O7. The van der Waals surface area contributed by atoms with Gasteiger partial charge in [-0.2, -0.15) is 0 Å². The van der Waals surface area contributed by atoms with E-state index >= 15 is 0 Å². The van der Waals surface area contributed by atoms with Crippen LogP contribution in [0.4, 0.5) is 10.5 Å². The molecule has 0 heterocycles. The van der Waals surface area contributed by atoms with Crippen LogP contribution < -0.4 is 24.8 Å². The van der Waals surface area contributed by atoms with Crippen LogP contribution >= 0.6 is 0 Å². The summed E-state index contributed by atoms with van der Waals surface area (Å²) >= 11 is 0. The highest BCUT2D eigenvalue weighted by Crippen LogP contribution is 2.28. The van der Waals surface area contributed by atoms with E-state index in [9.17, 15) is 14.4 Å². The number of amides is 2. The molecule has 0 radical (unpaired) electrons. The minimum Gasteiger partial charge on any atom is -0.496 e. The maximum atomic E-state index is 12.7. The average Bonchev–Trinajstić information content (AvgIpc) is 2.88. The third kappa shape index (κ3) is 6.73. The van der Waals surface area contributed by atoms with E-state index in [4.69, 9.17) is 18.9 Å². The summed E-state index contributed by atoms with van der Waals surface area (Å²) in [4.78, 5) is 36.6. The minimum atomic E-state index is -0.803. The quantitative estimate of drug-likeness (QED) is 0.346. The Morgan fingerprint density at radius 2 is 1.43 bits per heavy atom. The lowest BCUT2D eigenvalue weighted by molar-refractivity contribution is 0.0943. The van der Waals surface area contributed by atoms with Gasteiger partial charge in [-0.25, -0.2) is 4.79 Å². The number of methoxy groups -OCH3 is 2. The van der Waals surface area contributed by atoms with Crippen LogP contribution in [-0.2, 0) is 11.3 Å². The van der Waals surface area contributed by atoms with Crippen molar-refractivity contribution in [2.75, 3.05) is 26.1 Å². The molecule has 3 rings (SSSR count). The van der Waals surface area contributed by atoms with E-state index in [0.29, 0.717) is 28.3 Å². The molecule has 0 saturated carbocycles. The molecule has 0 aliphatic heterocycles. The van der Waals surface area contributed by atoms with Gasteiger partial charge in [-0.3, -0.25) is 9.59 Å². The fourth-order valence-corrected chi connectivity index (χ4v) is 3.17. The van der Waals surface area contributed by atoms with E-state index in [1.54, 1.807) is 61.5 Å². The van der Waals surface area contributed by atoms with Crippen molar-refractivity contribution in [3.05, 3.63) is 83.4 Å². The molecule has 2 amide bonds. The standard InChI is InChI=1S/C26H26N2O7/c1-4-34-26(31)35-20-14-10-18(11-15-20)24(29)28-19-12-8-17(9-13-19)16-27-25(30)23-21(32-2)6-5-7-22(23)33-3/h5-15H,4,16H2,1-3H3,(H,27,30)(H,28,29). The first-order chi connectivity index (χ1) is 16.9. The number of carbonyl (C=O) groups excluding carboxylic acids is 3. The van der Waals surface area contributed by atoms with E-state index in [0.717, 1.165) is 5.56 Å². The number of rotatable bonds is 9. The van der Waals surface area contributed by atoms with E-state index in [1.807, 2.05) is 0 Å². The van der Waals surface area contributed by atoms with Crippen LogP contribution in [0.15, 0.2) is 66.7 Å². The topological polar surface area (TPSA) is 112 Å². The van der Waals surface area contributed by atoms with Crippen molar-refractivity contribution < 1.29 is 33.3 Å². The highest BCUT2D eigenvalue weighted by atomic mass is 16.7. The van der Waals surface area contributed by atoms with Crippen LogP contribution in [0.2, 0.25) is 0 Å². The van der Waals surface area contributed by atoms with Crippen molar-refractivity contribution in [2.24, 2.45) is 0 Å². The van der Waals surface area contributed by atoms with Gasteiger partial charge in [0.25, 0.3) is 11.8 Å². The predicted molar refractivity (Wildman–Crippen MR) is 129 cm³/mol. The summed E-state index contributed by atoms with van der Waals surface area (Å²) in [7, 11) is 2.98. The summed E-state index contributed by atoms with van der Waals surface area (Å²) in [5.41, 5.74) is 2.14. The van der Waals surface area contributed by atoms with Crippen LogP contribution in [0.3, 0.4) is 0 Å². The Balaban J connectivity index is 1.56. The molecule has 2 N–H and O–H groups in total. The average molecular weight is 479 g/mol. The lowest BCUT2D eigenvalue weighted by Gasteiger charge is -2.13. The molecule has 0 fully saturated rings. The third-order valence-corrected chi connectivity index (χ3v) is 4.90. The largest absolute Gasteiger partial charge is 0.513 e. The zero-order valence-electron chi connectivity index (χ0n) is 19.6. The zero-order valence-corrected chi connectivity index (χ0v) is 19.6. The van der Waals surface area contributed by atoms with Crippen LogP contribution in [0.5, 0.6) is 17.2 Å². The molecular weight excluding hydrogens is 452 g/mol. The molecule has 0 bridgehead atoms. The van der Waals surface area contributed by atoms with Crippen molar-refractivity contribution in [1.29, 1.82) is 0 Å². The molecule has 0 aromatic heterocycles. The van der Waals surface area contributed by atoms with Gasteiger partial charge in [0.1, 0.15) is 22.8 Å². The molecule has 0 unspecified atom stereocenters. The van der Waals surface area contributed by atoms with Crippen LogP contribution in [0.1, 0.15) is 33.2 Å². The highest BCUT2D eigenvalue weighted by Gasteiger charge is 2.18. The minimum absolute atomic E-state index is 0.209. The molecule has 0 spiro atoms. The number of anilines is 1. The molecule has 182 valence electrons. The SMILES string of the molecule is CCOC(=O)Oc1ccc(C(=O)Nc2ccc(CNC(=O)c3c(OC)cccc3OC)cc2)cc1. The molecule has 3 aromatic carbocycles. The molecule has 9 nitrogen and oxygen atoms in total. The van der Waals surface area contributed by atoms with Crippen LogP contribution in [-0.4, -0.2) is 38.8 Å². The fourth-order valence-electron chi connectivity index (χ4n) is 3.17. The van der Waals surface area contributed by atoms with Crippen molar-refractivity contribution in [1.82, 2.24) is 5.32 Å². The lowest BCUT2D eigenvalue weighted by atomic mass is 10.1. The van der Waals surface area contributed by atoms with Gasteiger partial charge in [-0.15, -0.1) is 0 Å². The summed E-state index contributed by atoms with van der Waals surface area (Å²) < 4.78 is 20.2. The second kappa shape index (κ2) is 12.1. The van der Waals surface area contributed by atoms with Crippen molar-refractivity contribution in [3.63, 3.8) is 0 Å². The number of hydrogen-bond acceptors (Lipinski definition) is 7. The van der Waals surface area contributed by atoms with Crippen molar-refractivity contribution >= 4 is 23.7 Å². The van der Waals surface area contributed by atoms with Gasteiger partial charge in [0, 0.05) is 17.8 Å². The van der Waals surface area contributed by atoms with E-state index in [-0.39, 0.29) is 30.7 Å². The molecule has 0 aliphatic carbocycles. The van der Waals surface area contributed by atoms with Gasteiger partial charge in [-0.05, 0) is 61.0 Å². The first-order valence-electron chi connectivity index (χ1n) is 10.8. The fraction of sp³-hybridized carbons (Fsp3) is 0.192. The van der Waals surface area contributed by atoms with Gasteiger partial charge >= 0.3 is 6.16 Å². The van der Waals surface area contributed by atoms with Crippen LogP contribution in [0, 0.1) is 0 Å². The molecule has 35 heavy (non-hydrogen) atoms. The van der Waals surface area contributed by atoms with E-state index in [2.05, 4.69) is 10.6 Å². The molecule has 0 saturated heterocycles. The molecule has 0 atom stereocenters. The third-order valence-electron chi connectivity index (χ3n) is 4.90. The highest BCUT2D eigenvalue weighted by molar-refractivity contribution is 6.04. The van der Waals surface area contributed by atoms with Gasteiger partial charge in [0.2, 0.25) is 0 Å². The molecule has 0 aliphatic rings. The Kier molecular flexibility index (Phi) is 8.66. The Bertz CT molecular complexity index is 1150. The second-order valence-corrected chi connectivity index (χ2v) is 7.18. The Morgan fingerprint density at radius 3 is 2.00 bits per heavy atom. The summed E-state index contributed by atoms with van der Waals surface area (Å²) in [6, 6.07) is 18.3. The Labute approximate surface area is 203 Å². The summed E-state index contributed by atoms with van der Waals surface area (Å²) in [5, 5.41) is 5.64. The van der Waals surface area contributed by atoms with Crippen molar-refractivity contribution in [3.8, 4) is 17.2 Å². The van der Waals surface area contributed by atoms with Gasteiger partial charge < -0.3 is 29.6 Å². The number of hydrogen-bond donors (Lipinski definition) is 2. The maximum absolute atomic E-state index is 12.7. The van der Waals surface area contributed by atoms with E-state index in [1.165, 1.54) is 26.4 Å². The predicted octanol–water partition coefficient (Wildman–Crippen LogP) is 4.42. The second-order valence-electron chi connectivity index (χ2n) is 7.18. The number of benzene rings is 3. The first-order valence-corrected chi connectivity index (χ1v) is 10.8. The number of nitrogens with one attached hydrogen (secondary N) is 2. The summed E-state index contributed by atoms with van der Waals surface area (Å²) in [6.45, 7) is 2.16. The molecule has 3 aromatic rings. The van der Waals surface area contributed by atoms with E-state index < -0.39 is 6.16 Å². The zero-order chi connectivity index (χ0) is 25.2. The maximum Gasteiger partial charge on any atom is 0.513 e. The smallest absolute Gasteiger partial charge is 0.496 e. The number of ether oxygens (including phenoxy) is 4.